The van der Waals surface area contributed by atoms with E-state index in [-0.39, 0.29) is 23.6 Å². The molecule has 178 valence electrons. The highest BCUT2D eigenvalue weighted by Gasteiger charge is 2.24. The largest absolute Gasteiger partial charge is 0.348 e. The third-order valence-corrected chi connectivity index (χ3v) is 6.48. The van der Waals surface area contributed by atoms with Crippen LogP contribution in [0, 0.1) is 6.92 Å². The van der Waals surface area contributed by atoms with Gasteiger partial charge in [0.2, 0.25) is 0 Å². The average Bonchev–Trinajstić information content (AvgIpc) is 3.54. The van der Waals surface area contributed by atoms with Gasteiger partial charge >= 0.3 is 0 Å². The van der Waals surface area contributed by atoms with Crippen molar-refractivity contribution >= 4 is 28.4 Å². The first kappa shape index (κ1) is 22.7. The summed E-state index contributed by atoms with van der Waals surface area (Å²) in [5.74, 6) is -0.579. The van der Waals surface area contributed by atoms with Crippen LogP contribution in [0.1, 0.15) is 59.0 Å². The molecule has 0 radical (unpaired) electrons. The van der Waals surface area contributed by atoms with Crippen LogP contribution in [0.4, 0.5) is 5.69 Å². The number of pyridine rings is 2. The second-order valence-electron chi connectivity index (χ2n) is 8.92. The number of carbonyl (C=O) groups excluding carboxylic acids is 2. The molecule has 0 saturated heterocycles. The number of anilines is 1. The molecule has 2 amide bonds. The highest BCUT2D eigenvalue weighted by molar-refractivity contribution is 6.15. The van der Waals surface area contributed by atoms with Crippen LogP contribution in [0.15, 0.2) is 55.0 Å². The van der Waals surface area contributed by atoms with E-state index in [2.05, 4.69) is 20.7 Å². The summed E-state index contributed by atoms with van der Waals surface area (Å²) in [4.78, 5) is 35.6. The zero-order valence-corrected chi connectivity index (χ0v) is 19.9. The lowest BCUT2D eigenvalue weighted by Crippen LogP contribution is -2.33. The van der Waals surface area contributed by atoms with Crippen molar-refractivity contribution in [1.29, 1.82) is 0 Å². The van der Waals surface area contributed by atoms with Crippen molar-refractivity contribution in [3.05, 3.63) is 71.8 Å². The lowest BCUT2D eigenvalue weighted by atomic mass is 10.0. The van der Waals surface area contributed by atoms with Crippen LogP contribution < -0.4 is 10.6 Å². The van der Waals surface area contributed by atoms with E-state index in [0.29, 0.717) is 23.5 Å². The second-order valence-corrected chi connectivity index (χ2v) is 8.92. The van der Waals surface area contributed by atoms with Crippen molar-refractivity contribution in [3.8, 4) is 11.3 Å². The molecule has 1 fully saturated rings. The van der Waals surface area contributed by atoms with E-state index >= 15 is 0 Å². The van der Waals surface area contributed by atoms with Gasteiger partial charge in [-0.1, -0.05) is 31.0 Å². The summed E-state index contributed by atoms with van der Waals surface area (Å²) in [6, 6.07) is 11.5. The minimum Gasteiger partial charge on any atom is -0.348 e. The Morgan fingerprint density at radius 3 is 2.69 bits per heavy atom. The van der Waals surface area contributed by atoms with Crippen LogP contribution in [0.3, 0.4) is 0 Å². The fourth-order valence-electron chi connectivity index (χ4n) is 4.60. The summed E-state index contributed by atoms with van der Waals surface area (Å²) < 4.78 is 1.66. The molecule has 1 aliphatic rings. The minimum absolute atomic E-state index is 0.159. The molecule has 0 bridgehead atoms. The van der Waals surface area contributed by atoms with Crippen LogP contribution in [0.5, 0.6) is 0 Å². The highest BCUT2D eigenvalue weighted by atomic mass is 16.2. The molecule has 1 saturated carbocycles. The van der Waals surface area contributed by atoms with Gasteiger partial charge in [-0.15, -0.1) is 0 Å². The van der Waals surface area contributed by atoms with Crippen molar-refractivity contribution < 1.29 is 9.59 Å². The van der Waals surface area contributed by atoms with E-state index in [4.69, 9.17) is 4.98 Å². The van der Waals surface area contributed by atoms with Crippen LogP contribution in [-0.2, 0) is 6.54 Å². The molecular formula is C27H28N6O2. The first-order chi connectivity index (χ1) is 17.0. The Labute approximate surface area is 203 Å². The number of aryl methyl sites for hydroxylation is 2. The quantitative estimate of drug-likeness (QED) is 0.425. The van der Waals surface area contributed by atoms with Crippen molar-refractivity contribution in [2.45, 2.75) is 52.1 Å². The molecule has 0 atom stereocenters. The first-order valence-electron chi connectivity index (χ1n) is 12.0. The van der Waals surface area contributed by atoms with Gasteiger partial charge < -0.3 is 10.6 Å². The third kappa shape index (κ3) is 4.64. The number of aromatic nitrogens is 4. The predicted molar refractivity (Wildman–Crippen MR) is 135 cm³/mol. The summed E-state index contributed by atoms with van der Waals surface area (Å²) in [7, 11) is 0. The molecule has 2 N–H and O–H groups in total. The van der Waals surface area contributed by atoms with E-state index in [0.717, 1.165) is 47.7 Å². The summed E-state index contributed by atoms with van der Waals surface area (Å²) in [5.41, 5.74) is 4.31. The molecule has 35 heavy (non-hydrogen) atoms. The van der Waals surface area contributed by atoms with Crippen molar-refractivity contribution in [2.75, 3.05) is 5.32 Å². The highest BCUT2D eigenvalue weighted by Crippen LogP contribution is 2.28. The molecule has 4 aromatic rings. The Morgan fingerprint density at radius 2 is 1.94 bits per heavy atom. The number of hydrogen-bond acceptors (Lipinski definition) is 5. The molecule has 0 unspecified atom stereocenters. The zero-order valence-electron chi connectivity index (χ0n) is 19.9. The van der Waals surface area contributed by atoms with Crippen molar-refractivity contribution in [3.63, 3.8) is 0 Å². The van der Waals surface area contributed by atoms with E-state index in [1.807, 2.05) is 44.2 Å². The Balaban J connectivity index is 1.52. The number of nitrogens with one attached hydrogen (secondary N) is 2. The maximum absolute atomic E-state index is 13.6. The molecule has 3 aromatic heterocycles. The molecule has 1 aromatic carbocycles. The first-order valence-corrected chi connectivity index (χ1v) is 12.0. The normalized spacial score (nSPS) is 13.8. The molecule has 5 rings (SSSR count). The smallest absolute Gasteiger partial charge is 0.274 e. The van der Waals surface area contributed by atoms with Crippen LogP contribution in [-0.4, -0.2) is 37.6 Å². The van der Waals surface area contributed by atoms with Gasteiger partial charge in [-0.3, -0.25) is 19.3 Å². The maximum Gasteiger partial charge on any atom is 0.274 e. The van der Waals surface area contributed by atoms with Crippen molar-refractivity contribution in [1.82, 2.24) is 25.1 Å². The fraction of sp³-hybridized carbons (Fsp3) is 0.296. The lowest BCUT2D eigenvalue weighted by molar-refractivity contribution is 0.0933. The number of benzene rings is 1. The van der Waals surface area contributed by atoms with Gasteiger partial charge in [0.05, 0.1) is 22.5 Å². The minimum atomic E-state index is -0.321. The van der Waals surface area contributed by atoms with Gasteiger partial charge in [-0.2, -0.15) is 5.10 Å². The topological polar surface area (TPSA) is 102 Å². The summed E-state index contributed by atoms with van der Waals surface area (Å²) in [5, 5.41) is 11.2. The molecule has 0 spiro atoms. The number of amides is 2. The molecule has 8 nitrogen and oxygen atoms in total. The monoisotopic (exact) mass is 468 g/mol. The Kier molecular flexibility index (Phi) is 6.27. The number of nitrogens with zero attached hydrogens (tertiary/aromatic N) is 4. The molecule has 0 aliphatic heterocycles. The average molecular weight is 469 g/mol. The van der Waals surface area contributed by atoms with E-state index in [1.165, 1.54) is 0 Å². The summed E-state index contributed by atoms with van der Waals surface area (Å²) in [6.07, 6.45) is 9.32. The van der Waals surface area contributed by atoms with Gasteiger partial charge in [0.15, 0.2) is 5.69 Å². The maximum atomic E-state index is 13.6. The van der Waals surface area contributed by atoms with Crippen molar-refractivity contribution in [2.24, 2.45) is 0 Å². The molecular weight excluding hydrogens is 440 g/mol. The van der Waals surface area contributed by atoms with Gasteiger partial charge in [-0.05, 0) is 50.5 Å². The van der Waals surface area contributed by atoms with Crippen LogP contribution in [0.2, 0.25) is 0 Å². The second kappa shape index (κ2) is 9.66. The van der Waals surface area contributed by atoms with Crippen LogP contribution in [0.25, 0.3) is 22.2 Å². The predicted octanol–water partition coefficient (Wildman–Crippen LogP) is 4.75. The Bertz CT molecular complexity index is 1390. The Hall–Kier alpha value is -4.07. The standard InChI is InChI=1S/C27H28N6O2/c1-3-33-16-23(25(32-33)27(35)29-19-10-4-5-11-19)31-26(34)21-14-22(18-9-7-13-28-15-18)30-24-17(2)8-6-12-20(21)24/h6-9,12-16,19H,3-5,10-11H2,1-2H3,(H,29,35)(H,31,34). The number of rotatable bonds is 6. The van der Waals surface area contributed by atoms with Gasteiger partial charge in [-0.25, -0.2) is 4.98 Å². The van der Waals surface area contributed by atoms with E-state index in [9.17, 15) is 9.59 Å². The van der Waals surface area contributed by atoms with Gasteiger partial charge in [0.25, 0.3) is 11.8 Å². The Morgan fingerprint density at radius 1 is 1.11 bits per heavy atom. The van der Waals surface area contributed by atoms with E-state index in [1.54, 1.807) is 29.3 Å². The zero-order chi connectivity index (χ0) is 24.4. The number of fused-ring (bicyclic) bond motifs is 1. The summed E-state index contributed by atoms with van der Waals surface area (Å²) in [6.45, 7) is 4.50. The number of para-hydroxylation sites is 1. The molecule has 1 aliphatic carbocycles. The van der Waals surface area contributed by atoms with Gasteiger partial charge in [0, 0.05) is 42.1 Å². The fourth-order valence-corrected chi connectivity index (χ4v) is 4.60. The van der Waals surface area contributed by atoms with Crippen LogP contribution >= 0.6 is 0 Å². The number of hydrogen-bond donors (Lipinski definition) is 2. The van der Waals surface area contributed by atoms with E-state index < -0.39 is 0 Å². The molecule has 3 heterocycles. The third-order valence-electron chi connectivity index (χ3n) is 6.48. The lowest BCUT2D eigenvalue weighted by Gasteiger charge is -2.13. The SMILES string of the molecule is CCn1cc(NC(=O)c2cc(-c3cccnc3)nc3c(C)cccc23)c(C(=O)NC2CCCC2)n1. The number of carbonyl (C=O) groups is 2. The molecule has 8 heteroatoms. The van der Waals surface area contributed by atoms with Gasteiger partial charge in [0.1, 0.15) is 0 Å². The summed E-state index contributed by atoms with van der Waals surface area (Å²) >= 11 is 0.